The van der Waals surface area contributed by atoms with E-state index in [1.165, 1.54) is 56.9 Å². The zero-order valence-corrected chi connectivity index (χ0v) is 20.7. The molecule has 0 aliphatic rings. The van der Waals surface area contributed by atoms with Crippen molar-refractivity contribution in [3.63, 3.8) is 0 Å². The van der Waals surface area contributed by atoms with Gasteiger partial charge in [-0.25, -0.2) is 4.79 Å². The van der Waals surface area contributed by atoms with Gasteiger partial charge in [0.1, 0.15) is 5.60 Å². The van der Waals surface area contributed by atoms with Crippen molar-refractivity contribution >= 4 is 6.09 Å². The Kier molecular flexibility index (Phi) is 11.4. The molecule has 2 rings (SSSR count). The number of ether oxygens (including phenoxy) is 1. The quantitative estimate of drug-likeness (QED) is 0.344. The van der Waals surface area contributed by atoms with Crippen LogP contribution in [-0.4, -0.2) is 39.6 Å². The monoisotopic (exact) mass is 459 g/mol. The Balaban J connectivity index is 1.71. The van der Waals surface area contributed by atoms with Crippen LogP contribution < -0.4 is 5.32 Å². The average molecular weight is 460 g/mol. The first kappa shape index (κ1) is 26.8. The van der Waals surface area contributed by atoms with Gasteiger partial charge in [0.15, 0.2) is 0 Å². The molecule has 7 heteroatoms. The summed E-state index contributed by atoms with van der Waals surface area (Å²) < 4.78 is 10.4. The maximum absolute atomic E-state index is 11.7. The zero-order chi connectivity index (χ0) is 24.1. The number of nitrogens with zero attached hydrogens (tertiary/aromatic N) is 2. The second-order valence-electron chi connectivity index (χ2n) is 9.67. The molecule has 1 amide bonds. The summed E-state index contributed by atoms with van der Waals surface area (Å²) >= 11 is 0. The molecule has 33 heavy (non-hydrogen) atoms. The fourth-order valence-corrected chi connectivity index (χ4v) is 3.53. The summed E-state index contributed by atoms with van der Waals surface area (Å²) in [7, 11) is 0. The molecule has 0 spiro atoms. The van der Waals surface area contributed by atoms with E-state index in [0.29, 0.717) is 11.7 Å². The first-order chi connectivity index (χ1) is 15.8. The number of aromatic nitrogens is 2. The molecule has 1 atom stereocenters. The number of aliphatic hydroxyl groups is 1. The van der Waals surface area contributed by atoms with Crippen LogP contribution in [0, 0.1) is 0 Å². The smallest absolute Gasteiger partial charge is 0.407 e. The summed E-state index contributed by atoms with van der Waals surface area (Å²) in [5, 5.41) is 16.7. The molecule has 0 bridgehead atoms. The highest BCUT2D eigenvalue weighted by atomic mass is 16.6. The van der Waals surface area contributed by atoms with E-state index in [4.69, 9.17) is 9.26 Å². The third-order valence-corrected chi connectivity index (χ3v) is 5.29. The number of carbonyl (C=O) groups is 1. The fourth-order valence-electron chi connectivity index (χ4n) is 3.53. The second kappa shape index (κ2) is 14.0. The highest BCUT2D eigenvalue weighted by Crippen LogP contribution is 2.19. The van der Waals surface area contributed by atoms with Gasteiger partial charge < -0.3 is 19.7 Å². The molecule has 0 saturated carbocycles. The Labute approximate surface area is 198 Å². The predicted octanol–water partition coefficient (Wildman–Crippen LogP) is 5.85. The molecular weight excluding hydrogens is 418 g/mol. The van der Waals surface area contributed by atoms with Crippen molar-refractivity contribution in [3.05, 3.63) is 35.7 Å². The van der Waals surface area contributed by atoms with Crippen LogP contribution in [0.5, 0.6) is 0 Å². The number of aliphatic hydroxyl groups excluding tert-OH is 1. The molecule has 1 unspecified atom stereocenters. The molecule has 7 nitrogen and oxygen atoms in total. The van der Waals surface area contributed by atoms with Gasteiger partial charge in [0.05, 0.1) is 12.5 Å². The lowest BCUT2D eigenvalue weighted by molar-refractivity contribution is 0.0488. The lowest BCUT2D eigenvalue weighted by Gasteiger charge is -2.20. The molecule has 2 aromatic rings. The Morgan fingerprint density at radius 1 is 1.06 bits per heavy atom. The van der Waals surface area contributed by atoms with Crippen LogP contribution in [0.2, 0.25) is 0 Å². The van der Waals surface area contributed by atoms with Crippen LogP contribution in [0.1, 0.15) is 90.5 Å². The second-order valence-corrected chi connectivity index (χ2v) is 9.67. The SMILES string of the molecule is CCCCCCCCCCc1ccc(-c2noc(CC(O)CNC(=O)OC(C)(C)C)n2)cc1. The van der Waals surface area contributed by atoms with E-state index in [1.807, 2.05) is 12.1 Å². The standard InChI is InChI=1S/C26H41N3O4/c1-5-6-7-8-9-10-11-12-13-20-14-16-21(17-15-20)24-28-23(33-29-24)18-22(30)19-27-25(31)32-26(2,3)4/h14-17,22,30H,5-13,18-19H2,1-4H3,(H,27,31). The van der Waals surface area contributed by atoms with E-state index in [2.05, 4.69) is 34.5 Å². The average Bonchev–Trinajstić information content (AvgIpc) is 3.22. The molecule has 0 aliphatic carbocycles. The zero-order valence-electron chi connectivity index (χ0n) is 20.7. The van der Waals surface area contributed by atoms with E-state index in [0.717, 1.165) is 12.0 Å². The summed E-state index contributed by atoms with van der Waals surface area (Å²) in [6, 6.07) is 8.25. The third kappa shape index (κ3) is 11.3. The van der Waals surface area contributed by atoms with Gasteiger partial charge in [-0.15, -0.1) is 0 Å². The van der Waals surface area contributed by atoms with E-state index in [1.54, 1.807) is 20.8 Å². The van der Waals surface area contributed by atoms with Gasteiger partial charge in [-0.05, 0) is 39.2 Å². The highest BCUT2D eigenvalue weighted by molar-refractivity contribution is 5.67. The van der Waals surface area contributed by atoms with Crippen molar-refractivity contribution in [2.45, 2.75) is 104 Å². The van der Waals surface area contributed by atoms with Gasteiger partial charge in [-0.2, -0.15) is 4.98 Å². The number of alkyl carbamates (subject to hydrolysis) is 1. The van der Waals surface area contributed by atoms with Gasteiger partial charge >= 0.3 is 6.09 Å². The summed E-state index contributed by atoms with van der Waals surface area (Å²) in [6.45, 7) is 7.65. The molecule has 1 aromatic carbocycles. The number of unbranched alkanes of at least 4 members (excludes halogenated alkanes) is 7. The number of rotatable bonds is 14. The third-order valence-electron chi connectivity index (χ3n) is 5.29. The van der Waals surface area contributed by atoms with Crippen LogP contribution in [0.4, 0.5) is 4.79 Å². The Morgan fingerprint density at radius 3 is 2.33 bits per heavy atom. The fraction of sp³-hybridized carbons (Fsp3) is 0.654. The summed E-state index contributed by atoms with van der Waals surface area (Å²) in [5.41, 5.74) is 1.61. The Bertz CT molecular complexity index is 812. The van der Waals surface area contributed by atoms with Crippen LogP contribution in [0.25, 0.3) is 11.4 Å². The Morgan fingerprint density at radius 2 is 1.70 bits per heavy atom. The van der Waals surface area contributed by atoms with Gasteiger partial charge in [0, 0.05) is 12.1 Å². The van der Waals surface area contributed by atoms with Crippen LogP contribution in [0.3, 0.4) is 0 Å². The number of hydrogen-bond acceptors (Lipinski definition) is 6. The molecule has 1 heterocycles. The molecule has 0 radical (unpaired) electrons. The van der Waals surface area contributed by atoms with Crippen molar-refractivity contribution in [3.8, 4) is 11.4 Å². The minimum Gasteiger partial charge on any atom is -0.444 e. The molecule has 0 aliphatic heterocycles. The van der Waals surface area contributed by atoms with E-state index < -0.39 is 17.8 Å². The first-order valence-corrected chi connectivity index (χ1v) is 12.3. The maximum atomic E-state index is 11.7. The lowest BCUT2D eigenvalue weighted by Crippen LogP contribution is -2.37. The molecule has 0 saturated heterocycles. The minimum atomic E-state index is -0.847. The van der Waals surface area contributed by atoms with Gasteiger partial charge in [0.25, 0.3) is 0 Å². The maximum Gasteiger partial charge on any atom is 0.407 e. The van der Waals surface area contributed by atoms with Crippen molar-refractivity contribution in [1.82, 2.24) is 15.5 Å². The highest BCUT2D eigenvalue weighted by Gasteiger charge is 2.18. The van der Waals surface area contributed by atoms with Crippen molar-refractivity contribution in [2.75, 3.05) is 6.54 Å². The first-order valence-electron chi connectivity index (χ1n) is 12.3. The molecule has 2 N–H and O–H groups in total. The summed E-state index contributed by atoms with van der Waals surface area (Å²) in [4.78, 5) is 16.1. The number of benzene rings is 1. The van der Waals surface area contributed by atoms with Crippen LogP contribution in [-0.2, 0) is 17.6 Å². The van der Waals surface area contributed by atoms with Crippen molar-refractivity contribution in [1.29, 1.82) is 0 Å². The topological polar surface area (TPSA) is 97.5 Å². The Hall–Kier alpha value is -2.41. The summed E-state index contributed by atoms with van der Waals surface area (Å²) in [6.07, 6.45) is 10.4. The molecule has 184 valence electrons. The summed E-state index contributed by atoms with van der Waals surface area (Å²) in [5.74, 6) is 0.822. The normalized spacial score (nSPS) is 12.5. The molecule has 1 aromatic heterocycles. The van der Waals surface area contributed by atoms with E-state index >= 15 is 0 Å². The van der Waals surface area contributed by atoms with E-state index in [9.17, 15) is 9.90 Å². The molecular formula is C26H41N3O4. The van der Waals surface area contributed by atoms with E-state index in [-0.39, 0.29) is 13.0 Å². The van der Waals surface area contributed by atoms with Crippen LogP contribution >= 0.6 is 0 Å². The number of aryl methyl sites for hydroxylation is 1. The number of nitrogens with one attached hydrogen (secondary N) is 1. The predicted molar refractivity (Wildman–Crippen MR) is 130 cm³/mol. The lowest BCUT2D eigenvalue weighted by atomic mass is 10.0. The molecule has 0 fully saturated rings. The minimum absolute atomic E-state index is 0.0417. The van der Waals surface area contributed by atoms with Gasteiger partial charge in [-0.1, -0.05) is 81.3 Å². The van der Waals surface area contributed by atoms with Crippen molar-refractivity contribution < 1.29 is 19.2 Å². The number of carbonyl (C=O) groups excluding carboxylic acids is 1. The largest absolute Gasteiger partial charge is 0.444 e. The van der Waals surface area contributed by atoms with Crippen molar-refractivity contribution in [2.24, 2.45) is 0 Å². The van der Waals surface area contributed by atoms with Gasteiger partial charge in [-0.3, -0.25) is 0 Å². The van der Waals surface area contributed by atoms with Gasteiger partial charge in [0.2, 0.25) is 11.7 Å². The number of amides is 1. The number of hydrogen-bond donors (Lipinski definition) is 2. The van der Waals surface area contributed by atoms with Crippen LogP contribution in [0.15, 0.2) is 28.8 Å².